The first kappa shape index (κ1) is 42.8. The van der Waals surface area contributed by atoms with E-state index in [0.29, 0.717) is 18.1 Å². The van der Waals surface area contributed by atoms with E-state index in [2.05, 4.69) is 87.1 Å². The van der Waals surface area contributed by atoms with Crippen LogP contribution in [0.4, 0.5) is 38.0 Å². The largest absolute Gasteiger partial charge is 0.416 e. The van der Waals surface area contributed by atoms with Gasteiger partial charge in [-0.3, -0.25) is 0 Å². The third kappa shape index (κ3) is 12.5. The number of benzene rings is 2. The molecule has 1 aliphatic carbocycles. The summed E-state index contributed by atoms with van der Waals surface area (Å²) in [6.45, 7) is 15.6. The van der Waals surface area contributed by atoms with Gasteiger partial charge in [-0.1, -0.05) is 97.9 Å². The average Bonchev–Trinajstić information content (AvgIpc) is 3.47. The molecule has 5 rings (SSSR count). The second kappa shape index (κ2) is 20.0. The third-order valence-electron chi connectivity index (χ3n) is 9.24. The van der Waals surface area contributed by atoms with Crippen LogP contribution in [0.1, 0.15) is 128 Å². The molecule has 0 aliphatic heterocycles. The molecule has 1 N–H and O–H groups in total. The minimum atomic E-state index is -4.95. The number of hydrogen-bond donors (Lipinski definition) is 1. The van der Waals surface area contributed by atoms with Crippen molar-refractivity contribution in [2.75, 3.05) is 25.5 Å². The van der Waals surface area contributed by atoms with Crippen molar-refractivity contribution in [1.82, 2.24) is 19.5 Å². The van der Waals surface area contributed by atoms with Gasteiger partial charge in [-0.15, -0.1) is 5.10 Å². The van der Waals surface area contributed by atoms with Gasteiger partial charge in [-0.25, -0.2) is 9.50 Å². The van der Waals surface area contributed by atoms with E-state index < -0.39 is 29.2 Å². The highest BCUT2D eigenvalue weighted by Gasteiger charge is 2.37. The van der Waals surface area contributed by atoms with Crippen LogP contribution in [0.25, 0.3) is 16.6 Å². The van der Waals surface area contributed by atoms with Crippen molar-refractivity contribution < 1.29 is 26.3 Å². The Labute approximate surface area is 306 Å². The number of fused-ring (bicyclic) bond motifs is 1. The molecule has 2 aromatic heterocycles. The number of rotatable bonds is 11. The average molecular weight is 734 g/mol. The van der Waals surface area contributed by atoms with Crippen LogP contribution in [-0.4, -0.2) is 39.6 Å². The van der Waals surface area contributed by atoms with Crippen molar-refractivity contribution in [1.29, 1.82) is 0 Å². The van der Waals surface area contributed by atoms with Gasteiger partial charge in [0.2, 0.25) is 5.95 Å². The Morgan fingerprint density at radius 2 is 1.38 bits per heavy atom. The summed E-state index contributed by atoms with van der Waals surface area (Å²) < 4.78 is 81.8. The van der Waals surface area contributed by atoms with Gasteiger partial charge in [0.1, 0.15) is 0 Å². The number of alkyl halides is 6. The molecular weight excluding hydrogens is 676 g/mol. The maximum Gasteiger partial charge on any atom is 0.416 e. The van der Waals surface area contributed by atoms with Crippen LogP contribution in [0.5, 0.6) is 0 Å². The van der Waals surface area contributed by atoms with E-state index in [4.69, 9.17) is 0 Å². The molecular formula is C41H57F6N5. The highest BCUT2D eigenvalue weighted by molar-refractivity contribution is 5.81. The monoisotopic (exact) mass is 733 g/mol. The SMILES string of the molecule is CCC.CCCCCN(C)CCC.CCc1ccc(-c2cc(C3CCC(C)CC3)n3nc(Nc4cc(C(F)(F)F)cc(C(F)(F)F)c4)ncc23)cc1. The summed E-state index contributed by atoms with van der Waals surface area (Å²) in [4.78, 5) is 6.68. The summed E-state index contributed by atoms with van der Waals surface area (Å²) >= 11 is 0. The van der Waals surface area contributed by atoms with Gasteiger partial charge in [-0.05, 0) is 93.6 Å². The van der Waals surface area contributed by atoms with Crippen molar-refractivity contribution in [3.63, 3.8) is 0 Å². The highest BCUT2D eigenvalue weighted by atomic mass is 19.4. The lowest BCUT2D eigenvalue weighted by Gasteiger charge is -2.25. The first-order valence-corrected chi connectivity index (χ1v) is 18.9. The minimum Gasteiger partial charge on any atom is -0.323 e. The topological polar surface area (TPSA) is 45.5 Å². The number of nitrogens with one attached hydrogen (secondary N) is 1. The van der Waals surface area contributed by atoms with E-state index >= 15 is 0 Å². The molecule has 0 radical (unpaired) electrons. The third-order valence-corrected chi connectivity index (χ3v) is 9.24. The summed E-state index contributed by atoms with van der Waals surface area (Å²) in [7, 11) is 2.21. The van der Waals surface area contributed by atoms with Gasteiger partial charge < -0.3 is 10.2 Å². The summed E-state index contributed by atoms with van der Waals surface area (Å²) in [6, 6.07) is 11.6. The van der Waals surface area contributed by atoms with E-state index in [1.54, 1.807) is 10.7 Å². The van der Waals surface area contributed by atoms with Crippen LogP contribution in [-0.2, 0) is 18.8 Å². The van der Waals surface area contributed by atoms with E-state index in [1.807, 2.05) is 12.1 Å². The van der Waals surface area contributed by atoms with Crippen LogP contribution < -0.4 is 5.32 Å². The van der Waals surface area contributed by atoms with Gasteiger partial charge in [-0.2, -0.15) is 26.3 Å². The van der Waals surface area contributed by atoms with Crippen LogP contribution in [0.2, 0.25) is 0 Å². The normalized spacial score (nSPS) is 16.3. The van der Waals surface area contributed by atoms with Gasteiger partial charge in [0.25, 0.3) is 0 Å². The Balaban J connectivity index is 0.000000481. The Morgan fingerprint density at radius 1 is 0.788 bits per heavy atom. The number of hydrogen-bond acceptors (Lipinski definition) is 4. The van der Waals surface area contributed by atoms with Crippen LogP contribution in [0, 0.1) is 5.92 Å². The molecule has 2 heterocycles. The maximum absolute atomic E-state index is 13.4. The van der Waals surface area contributed by atoms with E-state index in [0.717, 1.165) is 54.4 Å². The van der Waals surface area contributed by atoms with Crippen LogP contribution >= 0.6 is 0 Å². The van der Waals surface area contributed by atoms with Gasteiger partial charge in [0.15, 0.2) is 0 Å². The molecule has 0 bridgehead atoms. The molecule has 288 valence electrons. The Bertz CT molecular complexity index is 1600. The zero-order chi connectivity index (χ0) is 38.5. The fraction of sp³-hybridized carbons (Fsp3) is 0.561. The molecule has 52 heavy (non-hydrogen) atoms. The molecule has 0 unspecified atom stereocenters. The van der Waals surface area contributed by atoms with E-state index in [-0.39, 0.29) is 17.9 Å². The quantitative estimate of drug-likeness (QED) is 0.123. The summed E-state index contributed by atoms with van der Waals surface area (Å²) in [5, 5.41) is 7.14. The Hall–Kier alpha value is -3.60. The van der Waals surface area contributed by atoms with Crippen molar-refractivity contribution in [3.05, 3.63) is 77.1 Å². The first-order valence-electron chi connectivity index (χ1n) is 18.9. The van der Waals surface area contributed by atoms with E-state index in [9.17, 15) is 26.3 Å². The van der Waals surface area contributed by atoms with Gasteiger partial charge >= 0.3 is 12.4 Å². The van der Waals surface area contributed by atoms with Crippen molar-refractivity contribution >= 4 is 17.2 Å². The lowest BCUT2D eigenvalue weighted by atomic mass is 9.81. The molecule has 0 spiro atoms. The number of anilines is 2. The number of nitrogens with zero attached hydrogens (tertiary/aromatic N) is 4. The predicted octanol–water partition coefficient (Wildman–Crippen LogP) is 13.0. The summed E-state index contributed by atoms with van der Waals surface area (Å²) in [5.74, 6) is 0.762. The van der Waals surface area contributed by atoms with Crippen molar-refractivity contribution in [3.8, 4) is 11.1 Å². The van der Waals surface area contributed by atoms with E-state index in [1.165, 1.54) is 50.8 Å². The fourth-order valence-corrected chi connectivity index (χ4v) is 6.35. The molecule has 0 atom stereocenters. The number of aryl methyl sites for hydroxylation is 1. The molecule has 11 heteroatoms. The second-order valence-electron chi connectivity index (χ2n) is 14.0. The van der Waals surface area contributed by atoms with Crippen molar-refractivity contribution in [2.45, 2.75) is 124 Å². The second-order valence-corrected chi connectivity index (χ2v) is 14.0. The number of aromatic nitrogens is 3. The lowest BCUT2D eigenvalue weighted by molar-refractivity contribution is -0.143. The summed E-state index contributed by atoms with van der Waals surface area (Å²) in [6.07, 6.45) is 3.26. The van der Waals surface area contributed by atoms with Gasteiger partial charge in [0, 0.05) is 22.9 Å². The lowest BCUT2D eigenvalue weighted by Crippen LogP contribution is -2.20. The number of halogens is 6. The van der Waals surface area contributed by atoms with Gasteiger partial charge in [0.05, 0.1) is 22.8 Å². The minimum absolute atomic E-state index is 0.0937. The van der Waals surface area contributed by atoms with Crippen LogP contribution in [0.15, 0.2) is 54.7 Å². The zero-order valence-corrected chi connectivity index (χ0v) is 31.9. The molecule has 4 aromatic rings. The number of unbranched alkanes of at least 4 members (excludes halogenated alkanes) is 2. The molecule has 1 aliphatic rings. The van der Waals surface area contributed by atoms with Crippen molar-refractivity contribution in [2.24, 2.45) is 5.92 Å². The fourth-order valence-electron chi connectivity index (χ4n) is 6.35. The smallest absolute Gasteiger partial charge is 0.323 e. The molecule has 5 nitrogen and oxygen atoms in total. The standard InChI is InChI=1S/C29H28F6N4.C9H21N.C3H8/c1-3-18-6-10-19(11-7-18)24-15-25(20-8-4-17(2)5-9-20)39-26(24)16-36-27(38-39)37-23-13-21(28(30,31)32)12-22(14-23)29(33,34)35;1-4-6-7-9-10(3)8-5-2;1-3-2/h6-7,10-17,20H,3-5,8-9H2,1-2H3,(H,37,38);4-9H2,1-3H3;3H2,1-2H3. The Morgan fingerprint density at radius 3 is 1.90 bits per heavy atom. The van der Waals surface area contributed by atoms with Crippen LogP contribution in [0.3, 0.4) is 0 Å². The molecule has 0 amide bonds. The predicted molar refractivity (Wildman–Crippen MR) is 201 cm³/mol. The highest BCUT2D eigenvalue weighted by Crippen LogP contribution is 2.40. The summed E-state index contributed by atoms with van der Waals surface area (Å²) in [5.41, 5.74) is 1.58. The molecule has 1 fully saturated rings. The molecule has 2 aromatic carbocycles. The zero-order valence-electron chi connectivity index (χ0n) is 31.9. The molecule has 1 saturated carbocycles. The Kier molecular flexibility index (Phi) is 16.5. The maximum atomic E-state index is 13.4. The molecule has 0 saturated heterocycles. The first-order chi connectivity index (χ1) is 24.6.